The first kappa shape index (κ1) is 12.1. The Kier molecular flexibility index (Phi) is 5.35. The van der Waals surface area contributed by atoms with Crippen LogP contribution in [0, 0.1) is 12.9 Å². The van der Waals surface area contributed by atoms with Crippen LogP contribution in [0.2, 0.25) is 0 Å². The van der Waals surface area contributed by atoms with Crippen molar-refractivity contribution in [2.45, 2.75) is 47.6 Å². The smallest absolute Gasteiger partial charge is 0.214 e. The number of halogens is 1. The number of rotatable bonds is 2. The third-order valence-corrected chi connectivity index (χ3v) is 1.84. The van der Waals surface area contributed by atoms with Gasteiger partial charge in [0.2, 0.25) is 5.95 Å². The number of hydrogen-bond acceptors (Lipinski definition) is 1. The van der Waals surface area contributed by atoms with Gasteiger partial charge in [0.05, 0.1) is 5.69 Å². The van der Waals surface area contributed by atoms with Gasteiger partial charge in [0.15, 0.2) is 0 Å². The topological polar surface area (TPSA) is 17.8 Å². The molecule has 1 aromatic rings. The Morgan fingerprint density at radius 3 is 2.08 bits per heavy atom. The second-order valence-electron chi connectivity index (χ2n) is 2.52. The molecule has 3 heteroatoms. The minimum Gasteiger partial charge on any atom is -0.239 e. The molecule has 0 saturated heterocycles. The van der Waals surface area contributed by atoms with Gasteiger partial charge in [-0.2, -0.15) is 9.49 Å². The zero-order valence-corrected chi connectivity index (χ0v) is 9.19. The molecule has 1 aromatic heterocycles. The highest BCUT2D eigenvalue weighted by molar-refractivity contribution is 5.16. The van der Waals surface area contributed by atoms with Crippen LogP contribution in [0.5, 0.6) is 0 Å². The van der Waals surface area contributed by atoms with Crippen LogP contribution in [0.15, 0.2) is 0 Å². The summed E-state index contributed by atoms with van der Waals surface area (Å²) in [6.45, 7) is 10.3. The first-order valence-electron chi connectivity index (χ1n) is 4.92. The van der Waals surface area contributed by atoms with E-state index in [9.17, 15) is 4.39 Å². The van der Waals surface area contributed by atoms with Gasteiger partial charge in [-0.05, 0) is 20.3 Å². The molecule has 76 valence electrons. The molecular formula is C10H19FN2. The summed E-state index contributed by atoms with van der Waals surface area (Å²) in [5.41, 5.74) is 1.55. The Balaban J connectivity index is 0.000000671. The van der Waals surface area contributed by atoms with Gasteiger partial charge in [-0.1, -0.05) is 20.8 Å². The molecule has 0 fully saturated rings. The monoisotopic (exact) mass is 186 g/mol. The largest absolute Gasteiger partial charge is 0.239 e. The Bertz CT molecular complexity index is 254. The predicted molar refractivity (Wildman–Crippen MR) is 53.3 cm³/mol. The van der Waals surface area contributed by atoms with Crippen molar-refractivity contribution in [1.29, 1.82) is 0 Å². The lowest BCUT2D eigenvalue weighted by Gasteiger charge is -1.94. The summed E-state index contributed by atoms with van der Waals surface area (Å²) in [6, 6.07) is 0. The van der Waals surface area contributed by atoms with Gasteiger partial charge in [-0.25, -0.2) is 4.68 Å². The predicted octanol–water partition coefficient (Wildman–Crippen LogP) is 2.94. The maximum Gasteiger partial charge on any atom is 0.214 e. The lowest BCUT2D eigenvalue weighted by atomic mass is 10.2. The van der Waals surface area contributed by atoms with Gasteiger partial charge < -0.3 is 0 Å². The van der Waals surface area contributed by atoms with E-state index in [4.69, 9.17) is 0 Å². The molecule has 0 unspecified atom stereocenters. The lowest BCUT2D eigenvalue weighted by Crippen LogP contribution is -2.00. The molecule has 0 radical (unpaired) electrons. The van der Waals surface area contributed by atoms with Crippen molar-refractivity contribution in [3.05, 3.63) is 17.2 Å². The standard InChI is InChI=1S/C8H13FN2.C2H6/c1-4-7-6(3)10-11(5-2)8(7)9;1-2/h4-5H2,1-3H3;1-2H3. The zero-order chi connectivity index (χ0) is 10.4. The second kappa shape index (κ2) is 5.73. The van der Waals surface area contributed by atoms with Crippen LogP contribution in [0.25, 0.3) is 0 Å². The molecule has 13 heavy (non-hydrogen) atoms. The Morgan fingerprint density at radius 2 is 1.85 bits per heavy atom. The van der Waals surface area contributed by atoms with E-state index in [1.807, 2.05) is 34.6 Å². The molecule has 0 amide bonds. The van der Waals surface area contributed by atoms with Crippen molar-refractivity contribution in [2.24, 2.45) is 0 Å². The van der Waals surface area contributed by atoms with Crippen molar-refractivity contribution >= 4 is 0 Å². The highest BCUT2D eigenvalue weighted by Gasteiger charge is 2.10. The normalized spacial score (nSPS) is 9.38. The van der Waals surface area contributed by atoms with Crippen LogP contribution in [-0.4, -0.2) is 9.78 Å². The van der Waals surface area contributed by atoms with E-state index in [-0.39, 0.29) is 5.95 Å². The van der Waals surface area contributed by atoms with Crippen molar-refractivity contribution < 1.29 is 4.39 Å². The van der Waals surface area contributed by atoms with Crippen LogP contribution in [0.1, 0.15) is 39.0 Å². The molecule has 0 aliphatic carbocycles. The molecule has 0 aliphatic rings. The molecule has 0 N–H and O–H groups in total. The molecule has 0 aromatic carbocycles. The summed E-state index contributed by atoms with van der Waals surface area (Å²) in [5.74, 6) is -0.174. The summed E-state index contributed by atoms with van der Waals surface area (Å²) in [4.78, 5) is 0. The van der Waals surface area contributed by atoms with Crippen LogP contribution in [0.3, 0.4) is 0 Å². The van der Waals surface area contributed by atoms with E-state index in [0.717, 1.165) is 17.7 Å². The fourth-order valence-corrected chi connectivity index (χ4v) is 1.20. The summed E-state index contributed by atoms with van der Waals surface area (Å²) in [7, 11) is 0. The van der Waals surface area contributed by atoms with Crippen LogP contribution in [0.4, 0.5) is 4.39 Å². The Hall–Kier alpha value is -0.860. The van der Waals surface area contributed by atoms with Gasteiger partial charge in [0.25, 0.3) is 0 Å². The summed E-state index contributed by atoms with van der Waals surface area (Å²) >= 11 is 0. The second-order valence-corrected chi connectivity index (χ2v) is 2.52. The maximum atomic E-state index is 13.2. The first-order valence-corrected chi connectivity index (χ1v) is 4.92. The SMILES string of the molecule is CC.CCc1c(C)nn(CC)c1F. The van der Waals surface area contributed by atoms with E-state index in [1.165, 1.54) is 4.68 Å². The lowest BCUT2D eigenvalue weighted by molar-refractivity contribution is 0.464. The highest BCUT2D eigenvalue weighted by atomic mass is 19.1. The van der Waals surface area contributed by atoms with Crippen LogP contribution in [-0.2, 0) is 13.0 Å². The molecule has 0 atom stereocenters. The Labute approximate surface area is 79.8 Å². The number of aryl methyl sites for hydroxylation is 2. The third-order valence-electron chi connectivity index (χ3n) is 1.84. The number of hydrogen-bond donors (Lipinski definition) is 0. The fourth-order valence-electron chi connectivity index (χ4n) is 1.20. The molecular weight excluding hydrogens is 167 g/mol. The highest BCUT2D eigenvalue weighted by Crippen LogP contribution is 2.11. The molecule has 0 bridgehead atoms. The van der Waals surface area contributed by atoms with Gasteiger partial charge >= 0.3 is 0 Å². The minimum atomic E-state index is -0.174. The first-order chi connectivity index (χ1) is 6.20. The molecule has 0 spiro atoms. The molecule has 2 nitrogen and oxygen atoms in total. The Morgan fingerprint density at radius 1 is 1.31 bits per heavy atom. The molecule has 1 rings (SSSR count). The quantitative estimate of drug-likeness (QED) is 0.694. The number of nitrogens with zero attached hydrogens (tertiary/aromatic N) is 2. The summed E-state index contributed by atoms with van der Waals surface area (Å²) in [6.07, 6.45) is 0.720. The minimum absolute atomic E-state index is 0.174. The van der Waals surface area contributed by atoms with Crippen LogP contribution < -0.4 is 0 Å². The molecule has 0 saturated carbocycles. The van der Waals surface area contributed by atoms with E-state index < -0.39 is 0 Å². The van der Waals surface area contributed by atoms with Crippen molar-refractivity contribution in [1.82, 2.24) is 9.78 Å². The average Bonchev–Trinajstić information content (AvgIpc) is 2.44. The van der Waals surface area contributed by atoms with Crippen molar-refractivity contribution in [2.75, 3.05) is 0 Å². The summed E-state index contributed by atoms with van der Waals surface area (Å²) < 4.78 is 14.6. The van der Waals surface area contributed by atoms with Gasteiger partial charge in [0.1, 0.15) is 0 Å². The number of aromatic nitrogens is 2. The zero-order valence-electron chi connectivity index (χ0n) is 9.19. The van der Waals surface area contributed by atoms with Crippen molar-refractivity contribution in [3.63, 3.8) is 0 Å². The third kappa shape index (κ3) is 2.54. The van der Waals surface area contributed by atoms with Crippen LogP contribution >= 0.6 is 0 Å². The van der Waals surface area contributed by atoms with E-state index in [1.54, 1.807) is 0 Å². The van der Waals surface area contributed by atoms with E-state index in [0.29, 0.717) is 6.54 Å². The van der Waals surface area contributed by atoms with E-state index in [2.05, 4.69) is 5.10 Å². The van der Waals surface area contributed by atoms with Gasteiger partial charge in [-0.3, -0.25) is 0 Å². The van der Waals surface area contributed by atoms with Crippen molar-refractivity contribution in [3.8, 4) is 0 Å². The fraction of sp³-hybridized carbons (Fsp3) is 0.700. The summed E-state index contributed by atoms with van der Waals surface area (Å²) in [5, 5.41) is 4.04. The maximum absolute atomic E-state index is 13.2. The van der Waals surface area contributed by atoms with Gasteiger partial charge in [0, 0.05) is 12.1 Å². The van der Waals surface area contributed by atoms with E-state index >= 15 is 0 Å². The molecule has 0 aliphatic heterocycles. The molecule has 1 heterocycles. The van der Waals surface area contributed by atoms with Gasteiger partial charge in [-0.15, -0.1) is 0 Å². The average molecular weight is 186 g/mol.